The normalized spacial score (nSPS) is 16.6. The highest BCUT2D eigenvalue weighted by atomic mass is 19.4. The lowest BCUT2D eigenvalue weighted by molar-refractivity contribution is -0.0790. The molecule has 0 aromatic heterocycles. The maximum atomic E-state index is 12.5. The fourth-order valence-corrected chi connectivity index (χ4v) is 2.89. The minimum absolute atomic E-state index is 0.268. The number of methoxy groups -OCH3 is 2. The number of anilines is 1. The van der Waals surface area contributed by atoms with Gasteiger partial charge in [-0.25, -0.2) is 0 Å². The van der Waals surface area contributed by atoms with E-state index in [0.717, 1.165) is 37.7 Å². The zero-order chi connectivity index (χ0) is 18.3. The standard InChI is InChI=1S/C18H24F3NO3/c1-23-13-25-12-14-6-9-22(10-7-14)17-11-16(24-2)4-3-15(17)5-8-18(19,20)21/h3-5,8,11,14H,6-7,9-10,12-13H2,1-2H3/b8-5+. The Bertz CT molecular complexity index is 567. The molecule has 0 amide bonds. The van der Waals surface area contributed by atoms with E-state index in [-0.39, 0.29) is 12.9 Å². The van der Waals surface area contributed by atoms with Gasteiger partial charge in [0.1, 0.15) is 12.5 Å². The lowest BCUT2D eigenvalue weighted by Gasteiger charge is -2.34. The molecule has 2 rings (SSSR count). The van der Waals surface area contributed by atoms with Gasteiger partial charge in [-0.1, -0.05) is 0 Å². The maximum absolute atomic E-state index is 12.5. The van der Waals surface area contributed by atoms with Crippen LogP contribution >= 0.6 is 0 Å². The third-order valence-electron chi connectivity index (χ3n) is 4.20. The third-order valence-corrected chi connectivity index (χ3v) is 4.20. The predicted octanol–water partition coefficient (Wildman–Crippen LogP) is 4.11. The maximum Gasteiger partial charge on any atom is 0.409 e. The molecule has 1 heterocycles. The number of halogens is 3. The number of allylic oxidation sites excluding steroid dienone is 1. The van der Waals surface area contributed by atoms with E-state index in [4.69, 9.17) is 14.2 Å². The second-order valence-corrected chi connectivity index (χ2v) is 6.01. The number of rotatable bonds is 7. The van der Waals surface area contributed by atoms with E-state index in [1.165, 1.54) is 0 Å². The molecule has 25 heavy (non-hydrogen) atoms. The van der Waals surface area contributed by atoms with Gasteiger partial charge in [-0.2, -0.15) is 13.2 Å². The van der Waals surface area contributed by atoms with Crippen molar-refractivity contribution >= 4 is 11.8 Å². The van der Waals surface area contributed by atoms with Crippen molar-refractivity contribution in [3.05, 3.63) is 29.8 Å². The van der Waals surface area contributed by atoms with Crippen molar-refractivity contribution in [2.24, 2.45) is 5.92 Å². The highest BCUT2D eigenvalue weighted by Crippen LogP contribution is 2.32. The van der Waals surface area contributed by atoms with Gasteiger partial charge < -0.3 is 19.1 Å². The molecule has 0 N–H and O–H groups in total. The summed E-state index contributed by atoms with van der Waals surface area (Å²) in [7, 11) is 3.13. The second-order valence-electron chi connectivity index (χ2n) is 6.01. The molecule has 1 saturated heterocycles. The SMILES string of the molecule is COCOCC1CCN(c2cc(OC)ccc2/C=C/C(F)(F)F)CC1. The molecule has 4 nitrogen and oxygen atoms in total. The zero-order valence-electron chi connectivity index (χ0n) is 14.5. The van der Waals surface area contributed by atoms with E-state index in [9.17, 15) is 13.2 Å². The highest BCUT2D eigenvalue weighted by molar-refractivity contribution is 5.70. The second kappa shape index (κ2) is 9.10. The molecule has 1 aliphatic rings. The van der Waals surface area contributed by atoms with Crippen molar-refractivity contribution in [2.75, 3.05) is 45.6 Å². The lowest BCUT2D eigenvalue weighted by atomic mass is 9.96. The zero-order valence-corrected chi connectivity index (χ0v) is 14.5. The Kier molecular flexibility index (Phi) is 7.13. The topological polar surface area (TPSA) is 30.9 Å². The molecule has 1 aromatic rings. The van der Waals surface area contributed by atoms with Gasteiger partial charge in [-0.15, -0.1) is 0 Å². The minimum Gasteiger partial charge on any atom is -0.497 e. The van der Waals surface area contributed by atoms with Crippen LogP contribution in [0.4, 0.5) is 18.9 Å². The summed E-state index contributed by atoms with van der Waals surface area (Å²) in [5.74, 6) is 1.07. The first-order valence-corrected chi connectivity index (χ1v) is 8.18. The van der Waals surface area contributed by atoms with Crippen molar-refractivity contribution in [1.29, 1.82) is 0 Å². The largest absolute Gasteiger partial charge is 0.497 e. The Morgan fingerprint density at radius 1 is 1.20 bits per heavy atom. The van der Waals surface area contributed by atoms with E-state index in [2.05, 4.69) is 4.90 Å². The summed E-state index contributed by atoms with van der Waals surface area (Å²) < 4.78 is 53.0. The van der Waals surface area contributed by atoms with Gasteiger partial charge in [0.25, 0.3) is 0 Å². The lowest BCUT2D eigenvalue weighted by Crippen LogP contribution is -2.35. The van der Waals surface area contributed by atoms with Gasteiger partial charge in [-0.3, -0.25) is 0 Å². The summed E-state index contributed by atoms with van der Waals surface area (Å²) in [5.41, 5.74) is 1.29. The van der Waals surface area contributed by atoms with E-state index in [0.29, 0.717) is 23.8 Å². The van der Waals surface area contributed by atoms with Crippen molar-refractivity contribution in [3.8, 4) is 5.75 Å². The molecule has 1 aliphatic heterocycles. The van der Waals surface area contributed by atoms with Crippen LogP contribution in [0.1, 0.15) is 18.4 Å². The minimum atomic E-state index is -4.33. The summed E-state index contributed by atoms with van der Waals surface area (Å²) in [6, 6.07) is 5.12. The van der Waals surface area contributed by atoms with Crippen LogP contribution in [0.25, 0.3) is 6.08 Å². The first kappa shape index (κ1) is 19.6. The average Bonchev–Trinajstić information content (AvgIpc) is 2.60. The summed E-state index contributed by atoms with van der Waals surface area (Å²) in [6.07, 6.45) is -1.11. The molecule has 0 atom stereocenters. The monoisotopic (exact) mass is 359 g/mol. The molecule has 0 unspecified atom stereocenters. The van der Waals surface area contributed by atoms with Crippen LogP contribution in [0.5, 0.6) is 5.75 Å². The molecule has 7 heteroatoms. The van der Waals surface area contributed by atoms with Crippen LogP contribution < -0.4 is 9.64 Å². The van der Waals surface area contributed by atoms with Crippen LogP contribution in [-0.2, 0) is 9.47 Å². The van der Waals surface area contributed by atoms with Crippen molar-refractivity contribution in [3.63, 3.8) is 0 Å². The number of ether oxygens (including phenoxy) is 3. The van der Waals surface area contributed by atoms with Gasteiger partial charge in [0.15, 0.2) is 0 Å². The Hall–Kier alpha value is -1.73. The highest BCUT2D eigenvalue weighted by Gasteiger charge is 2.24. The Labute approximate surface area is 146 Å². The number of piperidine rings is 1. The van der Waals surface area contributed by atoms with Crippen LogP contribution in [0, 0.1) is 5.92 Å². The summed E-state index contributed by atoms with van der Waals surface area (Å²) in [5, 5.41) is 0. The molecule has 0 saturated carbocycles. The fraction of sp³-hybridized carbons (Fsp3) is 0.556. The first-order chi connectivity index (χ1) is 11.9. The molecule has 0 bridgehead atoms. The van der Waals surface area contributed by atoms with Crippen LogP contribution in [0.2, 0.25) is 0 Å². The van der Waals surface area contributed by atoms with Crippen LogP contribution in [0.3, 0.4) is 0 Å². The Morgan fingerprint density at radius 3 is 2.52 bits per heavy atom. The van der Waals surface area contributed by atoms with Gasteiger partial charge in [0, 0.05) is 38.0 Å². The Balaban J connectivity index is 2.08. The van der Waals surface area contributed by atoms with E-state index >= 15 is 0 Å². The third kappa shape index (κ3) is 6.25. The number of benzene rings is 1. The number of alkyl halides is 3. The van der Waals surface area contributed by atoms with Crippen molar-refractivity contribution in [2.45, 2.75) is 19.0 Å². The molecule has 0 radical (unpaired) electrons. The number of nitrogens with zero attached hydrogens (tertiary/aromatic N) is 1. The fourth-order valence-electron chi connectivity index (χ4n) is 2.89. The van der Waals surface area contributed by atoms with E-state index < -0.39 is 6.18 Å². The van der Waals surface area contributed by atoms with Gasteiger partial charge in [0.05, 0.1) is 13.7 Å². The molecule has 140 valence electrons. The number of hydrogen-bond acceptors (Lipinski definition) is 4. The van der Waals surface area contributed by atoms with Gasteiger partial charge >= 0.3 is 6.18 Å². The van der Waals surface area contributed by atoms with E-state index in [1.54, 1.807) is 32.4 Å². The average molecular weight is 359 g/mol. The molecular weight excluding hydrogens is 335 g/mol. The van der Waals surface area contributed by atoms with Crippen LogP contribution in [-0.4, -0.2) is 46.9 Å². The van der Waals surface area contributed by atoms with Gasteiger partial charge in [-0.05, 0) is 42.5 Å². The molecule has 0 aliphatic carbocycles. The molecule has 1 fully saturated rings. The smallest absolute Gasteiger partial charge is 0.409 e. The molecule has 0 spiro atoms. The van der Waals surface area contributed by atoms with Crippen molar-refractivity contribution in [1.82, 2.24) is 0 Å². The van der Waals surface area contributed by atoms with Crippen LogP contribution in [0.15, 0.2) is 24.3 Å². The summed E-state index contributed by atoms with van der Waals surface area (Å²) in [6.45, 7) is 2.45. The first-order valence-electron chi connectivity index (χ1n) is 8.18. The Morgan fingerprint density at radius 2 is 1.92 bits per heavy atom. The van der Waals surface area contributed by atoms with Gasteiger partial charge in [0.2, 0.25) is 0 Å². The quantitative estimate of drug-likeness (QED) is 0.542. The number of hydrogen-bond donors (Lipinski definition) is 0. The van der Waals surface area contributed by atoms with Crippen molar-refractivity contribution < 1.29 is 27.4 Å². The van der Waals surface area contributed by atoms with E-state index in [1.807, 2.05) is 0 Å². The molecule has 1 aromatic carbocycles. The summed E-state index contributed by atoms with van der Waals surface area (Å²) in [4.78, 5) is 2.10. The molecular formula is C18H24F3NO3. The predicted molar refractivity (Wildman–Crippen MR) is 90.8 cm³/mol. The summed E-state index contributed by atoms with van der Waals surface area (Å²) >= 11 is 0.